The van der Waals surface area contributed by atoms with Crippen LogP contribution in [0.4, 0.5) is 4.39 Å². The van der Waals surface area contributed by atoms with Gasteiger partial charge >= 0.3 is 5.97 Å². The first kappa shape index (κ1) is 16.4. The van der Waals surface area contributed by atoms with Gasteiger partial charge in [-0.1, -0.05) is 30.3 Å². The molecule has 4 heteroatoms. The Morgan fingerprint density at radius 1 is 1.21 bits per heavy atom. The van der Waals surface area contributed by atoms with Crippen molar-refractivity contribution >= 4 is 11.5 Å². The number of nitrogens with one attached hydrogen (secondary N) is 1. The van der Waals surface area contributed by atoms with E-state index in [0.717, 1.165) is 30.4 Å². The lowest BCUT2D eigenvalue weighted by Crippen LogP contribution is -2.29. The van der Waals surface area contributed by atoms with Gasteiger partial charge in [0, 0.05) is 12.6 Å². The minimum absolute atomic E-state index is 0.210. The van der Waals surface area contributed by atoms with E-state index in [4.69, 9.17) is 5.11 Å². The molecule has 124 valence electrons. The number of carbonyl (C=O) groups is 1. The van der Waals surface area contributed by atoms with E-state index in [1.54, 1.807) is 18.2 Å². The molecule has 2 N–H and O–H groups in total. The second-order valence-corrected chi connectivity index (χ2v) is 6.09. The van der Waals surface area contributed by atoms with Gasteiger partial charge in [-0.05, 0) is 60.2 Å². The predicted octanol–water partition coefficient (Wildman–Crippen LogP) is 4.25. The number of rotatable bonds is 5. The van der Waals surface area contributed by atoms with Crippen molar-refractivity contribution < 1.29 is 14.3 Å². The summed E-state index contributed by atoms with van der Waals surface area (Å²) in [6.07, 6.45) is 5.10. The molecule has 0 fully saturated rings. The highest BCUT2D eigenvalue weighted by molar-refractivity contribution is 5.87. The second-order valence-electron chi connectivity index (χ2n) is 6.09. The van der Waals surface area contributed by atoms with Crippen LogP contribution >= 0.6 is 0 Å². The number of hydrogen-bond acceptors (Lipinski definition) is 2. The van der Waals surface area contributed by atoms with Crippen LogP contribution in [0.3, 0.4) is 0 Å². The lowest BCUT2D eigenvalue weighted by atomic mass is 9.90. The number of aromatic carboxylic acids is 1. The summed E-state index contributed by atoms with van der Waals surface area (Å²) in [7, 11) is 0. The monoisotopic (exact) mass is 325 g/mol. The van der Waals surface area contributed by atoms with Crippen molar-refractivity contribution in [2.45, 2.75) is 31.8 Å². The molecule has 24 heavy (non-hydrogen) atoms. The van der Waals surface area contributed by atoms with Crippen LogP contribution in [0.1, 0.15) is 40.7 Å². The molecule has 0 aromatic heterocycles. The van der Waals surface area contributed by atoms with Crippen LogP contribution in [0.25, 0.3) is 5.57 Å². The molecule has 1 atom stereocenters. The summed E-state index contributed by atoms with van der Waals surface area (Å²) in [5.74, 6) is -1.11. The minimum Gasteiger partial charge on any atom is -0.478 e. The van der Waals surface area contributed by atoms with Gasteiger partial charge in [0.1, 0.15) is 5.82 Å². The third-order valence-corrected chi connectivity index (χ3v) is 4.39. The Kier molecular flexibility index (Phi) is 5.06. The predicted molar refractivity (Wildman–Crippen MR) is 92.3 cm³/mol. The van der Waals surface area contributed by atoms with E-state index >= 15 is 0 Å². The fourth-order valence-corrected chi connectivity index (χ4v) is 3.02. The van der Waals surface area contributed by atoms with Crippen molar-refractivity contribution in [3.63, 3.8) is 0 Å². The highest BCUT2D eigenvalue weighted by Gasteiger charge is 2.15. The van der Waals surface area contributed by atoms with Crippen molar-refractivity contribution in [1.29, 1.82) is 0 Å². The molecule has 0 amide bonds. The first-order valence-corrected chi connectivity index (χ1v) is 8.12. The molecule has 2 aromatic rings. The molecule has 1 aliphatic rings. The summed E-state index contributed by atoms with van der Waals surface area (Å²) >= 11 is 0. The zero-order valence-electron chi connectivity index (χ0n) is 13.3. The van der Waals surface area contributed by atoms with Gasteiger partial charge in [0.2, 0.25) is 0 Å². The van der Waals surface area contributed by atoms with E-state index in [1.807, 2.05) is 18.2 Å². The number of benzene rings is 2. The summed E-state index contributed by atoms with van der Waals surface area (Å²) in [4.78, 5) is 11.0. The first-order valence-electron chi connectivity index (χ1n) is 8.12. The van der Waals surface area contributed by atoms with Gasteiger partial charge < -0.3 is 10.4 Å². The van der Waals surface area contributed by atoms with Crippen LogP contribution in [-0.4, -0.2) is 17.1 Å². The molecule has 0 radical (unpaired) electrons. The van der Waals surface area contributed by atoms with Gasteiger partial charge in [-0.3, -0.25) is 0 Å². The van der Waals surface area contributed by atoms with Crippen LogP contribution in [0.15, 0.2) is 54.6 Å². The minimum atomic E-state index is -0.901. The Morgan fingerprint density at radius 2 is 2.00 bits per heavy atom. The first-order chi connectivity index (χ1) is 11.6. The topological polar surface area (TPSA) is 49.3 Å². The highest BCUT2D eigenvalue weighted by Crippen LogP contribution is 2.27. The van der Waals surface area contributed by atoms with Crippen molar-refractivity contribution in [2.24, 2.45) is 0 Å². The Balaban J connectivity index is 1.56. The van der Waals surface area contributed by atoms with E-state index in [1.165, 1.54) is 17.7 Å². The van der Waals surface area contributed by atoms with Crippen molar-refractivity contribution in [3.05, 3.63) is 77.1 Å². The summed E-state index contributed by atoms with van der Waals surface area (Å²) in [6.45, 7) is 0.658. The number of allylic oxidation sites excluding steroid dienone is 1. The van der Waals surface area contributed by atoms with Gasteiger partial charge in [0.15, 0.2) is 0 Å². The van der Waals surface area contributed by atoms with Gasteiger partial charge in [-0.2, -0.15) is 0 Å². The molecule has 3 nitrogen and oxygen atoms in total. The molecule has 0 heterocycles. The Bertz CT molecular complexity index is 752. The second kappa shape index (κ2) is 7.41. The Morgan fingerprint density at radius 3 is 2.67 bits per heavy atom. The quantitative estimate of drug-likeness (QED) is 0.864. The standard InChI is InChI=1S/C20H20FNO2/c21-18-8-4-15(5-9-18)16-6-10-19(11-7-16)22-13-14-2-1-3-17(12-14)20(23)24/h1-6,8-9,12,19,22H,7,10-11,13H2,(H,23,24). The van der Waals surface area contributed by atoms with Crippen molar-refractivity contribution in [1.82, 2.24) is 5.32 Å². The summed E-state index contributed by atoms with van der Waals surface area (Å²) in [5, 5.41) is 12.5. The molecular formula is C20H20FNO2. The smallest absolute Gasteiger partial charge is 0.335 e. The maximum absolute atomic E-state index is 13.0. The fraction of sp³-hybridized carbons (Fsp3) is 0.250. The maximum Gasteiger partial charge on any atom is 0.335 e. The molecule has 0 bridgehead atoms. The van der Waals surface area contributed by atoms with Crippen LogP contribution in [0.5, 0.6) is 0 Å². The van der Waals surface area contributed by atoms with Gasteiger partial charge in [0.05, 0.1) is 5.56 Å². The molecule has 0 aliphatic heterocycles. The van der Waals surface area contributed by atoms with Gasteiger partial charge in [0.25, 0.3) is 0 Å². The summed E-state index contributed by atoms with van der Waals surface area (Å²) in [5.41, 5.74) is 3.64. The average molecular weight is 325 g/mol. The lowest BCUT2D eigenvalue weighted by molar-refractivity contribution is 0.0696. The van der Waals surface area contributed by atoms with E-state index in [0.29, 0.717) is 18.2 Å². The third-order valence-electron chi connectivity index (χ3n) is 4.39. The SMILES string of the molecule is O=C(O)c1cccc(CNC2CC=C(c3ccc(F)cc3)CC2)c1. The zero-order chi connectivity index (χ0) is 16.9. The number of hydrogen-bond donors (Lipinski definition) is 2. The molecule has 0 spiro atoms. The molecule has 0 saturated carbocycles. The number of carboxylic acids is 1. The van der Waals surface area contributed by atoms with Crippen LogP contribution < -0.4 is 5.32 Å². The van der Waals surface area contributed by atoms with E-state index in [2.05, 4.69) is 11.4 Å². The van der Waals surface area contributed by atoms with Crippen molar-refractivity contribution in [2.75, 3.05) is 0 Å². The molecule has 1 unspecified atom stereocenters. The number of carboxylic acid groups (broad SMARTS) is 1. The summed E-state index contributed by atoms with van der Waals surface area (Å²) < 4.78 is 13.0. The van der Waals surface area contributed by atoms with Crippen LogP contribution in [0, 0.1) is 5.82 Å². The zero-order valence-corrected chi connectivity index (χ0v) is 13.3. The van der Waals surface area contributed by atoms with Gasteiger partial charge in [-0.25, -0.2) is 9.18 Å². The molecule has 3 rings (SSSR count). The Hall–Kier alpha value is -2.46. The summed E-state index contributed by atoms with van der Waals surface area (Å²) in [6, 6.07) is 14.0. The van der Waals surface area contributed by atoms with E-state index in [9.17, 15) is 9.18 Å². The third kappa shape index (κ3) is 4.09. The fourth-order valence-electron chi connectivity index (χ4n) is 3.02. The van der Waals surface area contributed by atoms with E-state index < -0.39 is 5.97 Å². The number of halogens is 1. The maximum atomic E-state index is 13.0. The van der Waals surface area contributed by atoms with Crippen LogP contribution in [-0.2, 0) is 6.54 Å². The molecular weight excluding hydrogens is 305 g/mol. The van der Waals surface area contributed by atoms with E-state index in [-0.39, 0.29) is 5.82 Å². The Labute approximate surface area is 140 Å². The van der Waals surface area contributed by atoms with Gasteiger partial charge in [-0.15, -0.1) is 0 Å². The highest BCUT2D eigenvalue weighted by atomic mass is 19.1. The molecule has 2 aromatic carbocycles. The lowest BCUT2D eigenvalue weighted by Gasteiger charge is -2.23. The molecule has 1 aliphatic carbocycles. The molecule has 0 saturated heterocycles. The van der Waals surface area contributed by atoms with Crippen molar-refractivity contribution in [3.8, 4) is 0 Å². The average Bonchev–Trinajstić information content (AvgIpc) is 2.61. The largest absolute Gasteiger partial charge is 0.478 e. The normalized spacial score (nSPS) is 17.4. The van der Waals surface area contributed by atoms with Crippen LogP contribution in [0.2, 0.25) is 0 Å².